The molecule has 0 aliphatic carbocycles. The third kappa shape index (κ3) is 4.04. The summed E-state index contributed by atoms with van der Waals surface area (Å²) in [5.74, 6) is 0.0791. The van der Waals surface area contributed by atoms with Crippen LogP contribution in [0.5, 0.6) is 0 Å². The number of hydrogen-bond donors (Lipinski definition) is 0. The zero-order valence-corrected chi connectivity index (χ0v) is 12.7. The topological polar surface area (TPSA) is 12.5 Å². The lowest BCUT2D eigenvalue weighted by Gasteiger charge is -2.35. The van der Waals surface area contributed by atoms with Gasteiger partial charge in [-0.3, -0.25) is 0 Å². The number of alkyl halides is 4. The lowest BCUT2D eigenvalue weighted by atomic mass is 10.0. The minimum atomic E-state index is -4.37. The molecule has 1 aromatic rings. The summed E-state index contributed by atoms with van der Waals surface area (Å²) in [6.07, 6.45) is -2.71. The Morgan fingerprint density at radius 1 is 1.29 bits per heavy atom. The summed E-state index contributed by atoms with van der Waals surface area (Å²) in [6.45, 7) is 3.73. The Morgan fingerprint density at radius 2 is 1.95 bits per heavy atom. The van der Waals surface area contributed by atoms with E-state index in [0.717, 1.165) is 18.9 Å². The highest BCUT2D eigenvalue weighted by Crippen LogP contribution is 2.38. The fourth-order valence-corrected chi connectivity index (χ4v) is 2.83. The molecule has 0 saturated carbocycles. The number of halogens is 4. The summed E-state index contributed by atoms with van der Waals surface area (Å²) < 4.78 is 45.2. The van der Waals surface area contributed by atoms with Gasteiger partial charge in [0.1, 0.15) is 0 Å². The van der Waals surface area contributed by atoms with Crippen LogP contribution in [-0.4, -0.2) is 25.8 Å². The van der Waals surface area contributed by atoms with Crippen LogP contribution in [0.25, 0.3) is 0 Å². The second-order valence-corrected chi connectivity index (χ2v) is 5.39. The summed E-state index contributed by atoms with van der Waals surface area (Å²) in [4.78, 5) is 1.79. The van der Waals surface area contributed by atoms with Crippen LogP contribution in [0.4, 0.5) is 18.9 Å². The summed E-state index contributed by atoms with van der Waals surface area (Å²) in [6, 6.07) is 4.34. The quantitative estimate of drug-likeness (QED) is 0.760. The van der Waals surface area contributed by atoms with Gasteiger partial charge in [-0.2, -0.15) is 13.2 Å². The Hall–Kier alpha value is -0.940. The van der Waals surface area contributed by atoms with Gasteiger partial charge in [0.15, 0.2) is 0 Å². The highest BCUT2D eigenvalue weighted by atomic mass is 35.5. The summed E-state index contributed by atoms with van der Waals surface area (Å²) >= 11 is 5.64. The first kappa shape index (κ1) is 16.4. The number of nitrogens with zero attached hydrogens (tertiary/aromatic N) is 1. The maximum Gasteiger partial charge on any atom is 0.418 e. The van der Waals surface area contributed by atoms with Gasteiger partial charge in [0.2, 0.25) is 0 Å². The van der Waals surface area contributed by atoms with E-state index in [2.05, 4.69) is 0 Å². The molecule has 1 aliphatic heterocycles. The Kier molecular flexibility index (Phi) is 5.38. The predicted molar refractivity (Wildman–Crippen MR) is 77.9 cm³/mol. The van der Waals surface area contributed by atoms with Crippen molar-refractivity contribution in [3.8, 4) is 0 Å². The number of anilines is 1. The molecular formula is C15H19ClF3NO. The Labute approximate surface area is 127 Å². The zero-order valence-electron chi connectivity index (χ0n) is 11.9. The van der Waals surface area contributed by atoms with E-state index in [1.165, 1.54) is 6.07 Å². The van der Waals surface area contributed by atoms with Crippen molar-refractivity contribution in [3.05, 3.63) is 29.3 Å². The van der Waals surface area contributed by atoms with Gasteiger partial charge in [-0.25, -0.2) is 0 Å². The van der Waals surface area contributed by atoms with E-state index in [-0.39, 0.29) is 17.7 Å². The largest absolute Gasteiger partial charge is 0.418 e. The van der Waals surface area contributed by atoms with Crippen molar-refractivity contribution < 1.29 is 17.9 Å². The Bertz CT molecular complexity index is 470. The van der Waals surface area contributed by atoms with Crippen molar-refractivity contribution in [3.63, 3.8) is 0 Å². The first-order valence-electron chi connectivity index (χ1n) is 7.08. The molecule has 2 nitrogen and oxygen atoms in total. The first-order chi connectivity index (χ1) is 9.95. The van der Waals surface area contributed by atoms with Gasteiger partial charge in [-0.05, 0) is 37.5 Å². The summed E-state index contributed by atoms with van der Waals surface area (Å²) in [7, 11) is 0. The van der Waals surface area contributed by atoms with E-state index in [1.807, 2.05) is 6.92 Å². The van der Waals surface area contributed by atoms with E-state index >= 15 is 0 Å². The van der Waals surface area contributed by atoms with Crippen molar-refractivity contribution >= 4 is 17.3 Å². The van der Waals surface area contributed by atoms with Crippen molar-refractivity contribution in [2.45, 2.75) is 37.9 Å². The maximum atomic E-state index is 13.2. The van der Waals surface area contributed by atoms with E-state index in [1.54, 1.807) is 11.0 Å². The molecule has 6 heteroatoms. The zero-order chi connectivity index (χ0) is 15.5. The van der Waals surface area contributed by atoms with E-state index in [9.17, 15) is 13.2 Å². The van der Waals surface area contributed by atoms with E-state index in [0.29, 0.717) is 25.3 Å². The molecule has 118 valence electrons. The molecule has 0 unspecified atom stereocenters. The van der Waals surface area contributed by atoms with E-state index < -0.39 is 11.7 Å². The second-order valence-electron chi connectivity index (χ2n) is 5.12. The molecule has 2 rings (SSSR count). The lowest BCUT2D eigenvalue weighted by molar-refractivity contribution is -0.137. The Balaban J connectivity index is 2.20. The number of piperidine rings is 1. The average molecular weight is 322 g/mol. The molecule has 21 heavy (non-hydrogen) atoms. The summed E-state index contributed by atoms with van der Waals surface area (Å²) in [5.41, 5.74) is 0.124. The van der Waals surface area contributed by atoms with Crippen LogP contribution in [0.3, 0.4) is 0 Å². The SMILES string of the molecule is CCOC1CCN(c2ccc(CCl)cc2C(F)(F)F)CC1. The maximum absolute atomic E-state index is 13.2. The normalized spacial score (nSPS) is 17.3. The minimum absolute atomic E-state index is 0.0791. The van der Waals surface area contributed by atoms with Gasteiger partial charge in [-0.15, -0.1) is 11.6 Å². The van der Waals surface area contributed by atoms with Gasteiger partial charge >= 0.3 is 6.18 Å². The van der Waals surface area contributed by atoms with Crippen molar-refractivity contribution in [1.82, 2.24) is 0 Å². The smallest absolute Gasteiger partial charge is 0.378 e. The highest BCUT2D eigenvalue weighted by Gasteiger charge is 2.35. The van der Waals surface area contributed by atoms with Crippen molar-refractivity contribution in [2.75, 3.05) is 24.6 Å². The molecule has 0 bridgehead atoms. The average Bonchev–Trinajstić information content (AvgIpc) is 2.47. The van der Waals surface area contributed by atoms with Crippen molar-refractivity contribution in [2.24, 2.45) is 0 Å². The Morgan fingerprint density at radius 3 is 2.48 bits per heavy atom. The van der Waals surface area contributed by atoms with E-state index in [4.69, 9.17) is 16.3 Å². The number of ether oxygens (including phenoxy) is 1. The van der Waals surface area contributed by atoms with Gasteiger partial charge < -0.3 is 9.64 Å². The standard InChI is InChI=1S/C15H19ClF3NO/c1-2-21-12-5-7-20(8-6-12)14-4-3-11(10-16)9-13(14)15(17,18)19/h3-4,9,12H,2,5-8,10H2,1H3. The molecule has 0 N–H and O–H groups in total. The van der Waals surface area contributed by atoms with Crippen LogP contribution in [0.15, 0.2) is 18.2 Å². The number of benzene rings is 1. The van der Waals surface area contributed by atoms with Gasteiger partial charge in [0, 0.05) is 31.3 Å². The predicted octanol–water partition coefficient (Wildman–Crippen LogP) is 4.45. The molecule has 0 spiro atoms. The lowest BCUT2D eigenvalue weighted by Crippen LogP contribution is -2.38. The molecule has 1 heterocycles. The molecule has 0 aromatic heterocycles. The third-order valence-corrected chi connectivity index (χ3v) is 4.01. The molecule has 1 saturated heterocycles. The molecule has 1 fully saturated rings. The van der Waals surface area contributed by atoms with Gasteiger partial charge in [0.25, 0.3) is 0 Å². The second kappa shape index (κ2) is 6.88. The van der Waals surface area contributed by atoms with Gasteiger partial charge in [0.05, 0.1) is 11.7 Å². The molecular weight excluding hydrogens is 303 g/mol. The van der Waals surface area contributed by atoms with Gasteiger partial charge in [-0.1, -0.05) is 6.07 Å². The fourth-order valence-electron chi connectivity index (χ4n) is 2.67. The van der Waals surface area contributed by atoms with Crippen LogP contribution in [-0.2, 0) is 16.8 Å². The highest BCUT2D eigenvalue weighted by molar-refractivity contribution is 6.17. The first-order valence-corrected chi connectivity index (χ1v) is 7.61. The number of rotatable bonds is 4. The fraction of sp³-hybridized carbons (Fsp3) is 0.600. The van der Waals surface area contributed by atoms with Crippen LogP contribution >= 0.6 is 11.6 Å². The minimum Gasteiger partial charge on any atom is -0.378 e. The van der Waals surface area contributed by atoms with Crippen molar-refractivity contribution in [1.29, 1.82) is 0 Å². The van der Waals surface area contributed by atoms with Crippen LogP contribution < -0.4 is 4.90 Å². The molecule has 1 aromatic carbocycles. The summed E-state index contributed by atoms with van der Waals surface area (Å²) in [5, 5.41) is 0. The van der Waals surface area contributed by atoms with Crippen LogP contribution in [0.1, 0.15) is 30.9 Å². The molecule has 0 radical (unpaired) electrons. The molecule has 0 amide bonds. The monoisotopic (exact) mass is 321 g/mol. The third-order valence-electron chi connectivity index (χ3n) is 3.71. The van der Waals surface area contributed by atoms with Crippen LogP contribution in [0, 0.1) is 0 Å². The number of hydrogen-bond acceptors (Lipinski definition) is 2. The molecule has 1 aliphatic rings. The molecule has 0 atom stereocenters. The van der Waals surface area contributed by atoms with Crippen LogP contribution in [0.2, 0.25) is 0 Å².